The first kappa shape index (κ1) is 55.8. The Labute approximate surface area is 420 Å². The number of fused-ring (bicyclic) bond motifs is 7. The topological polar surface area (TPSA) is 330 Å². The summed E-state index contributed by atoms with van der Waals surface area (Å²) >= 11 is 0. The van der Waals surface area contributed by atoms with Crippen molar-refractivity contribution in [2.24, 2.45) is 50.2 Å². The van der Waals surface area contributed by atoms with E-state index in [1.165, 1.54) is 14.0 Å². The minimum absolute atomic E-state index is 0.0826. The number of aliphatic hydroxyl groups is 9. The quantitative estimate of drug-likeness (QED) is 0.0696. The van der Waals surface area contributed by atoms with Crippen LogP contribution < -0.4 is 5.32 Å². The van der Waals surface area contributed by atoms with Gasteiger partial charge in [-0.25, -0.2) is 0 Å². The number of amides is 1. The normalized spacial score (nSPS) is 51.0. The zero-order chi connectivity index (χ0) is 52.8. The largest absolute Gasteiger partial charge is 0.481 e. The molecule has 21 heteroatoms. The highest BCUT2D eigenvalue weighted by atomic mass is 16.8. The van der Waals surface area contributed by atoms with Crippen LogP contribution in [0.4, 0.5) is 0 Å². The Balaban J connectivity index is 1.10. The molecule has 5 aliphatic carbocycles. The number of hydrogen-bond donors (Lipinski definition) is 11. The molecule has 8 rings (SSSR count). The lowest BCUT2D eigenvalue weighted by Crippen LogP contribution is -2.70. The number of carbonyl (C=O) groups is 3. The Morgan fingerprint density at radius 2 is 1.22 bits per heavy atom. The van der Waals surface area contributed by atoms with Crippen LogP contribution in [0.2, 0.25) is 0 Å². The van der Waals surface area contributed by atoms with Crippen LogP contribution in [-0.4, -0.2) is 194 Å². The Bertz CT molecular complexity index is 2040. The van der Waals surface area contributed by atoms with Crippen LogP contribution in [-0.2, 0) is 47.5 Å². The van der Waals surface area contributed by atoms with Crippen molar-refractivity contribution in [3.05, 3.63) is 11.6 Å². The molecule has 1 amide bonds. The monoisotopic (exact) mass is 1030 g/mol. The summed E-state index contributed by atoms with van der Waals surface area (Å²) in [5.41, 5.74) is -1.96. The number of aliphatic hydroxyl groups excluding tert-OH is 9. The molecular weight excluding hydrogens is 947 g/mol. The highest BCUT2D eigenvalue weighted by Crippen LogP contribution is 2.76. The van der Waals surface area contributed by atoms with E-state index in [2.05, 4.69) is 46.0 Å². The van der Waals surface area contributed by atoms with E-state index in [0.717, 1.165) is 31.3 Å². The Morgan fingerprint density at radius 1 is 0.667 bits per heavy atom. The fourth-order valence-electron chi connectivity index (χ4n) is 15.8. The number of allylic oxidation sites excluding steroid dienone is 2. The van der Waals surface area contributed by atoms with Gasteiger partial charge in [0.15, 0.2) is 18.9 Å². The summed E-state index contributed by atoms with van der Waals surface area (Å²) in [5.74, 6) is -1.75. The van der Waals surface area contributed by atoms with Crippen molar-refractivity contribution in [2.75, 3.05) is 26.9 Å². The van der Waals surface area contributed by atoms with Gasteiger partial charge >= 0.3 is 11.9 Å². The molecule has 7 fully saturated rings. The van der Waals surface area contributed by atoms with Crippen LogP contribution in [0.25, 0.3) is 0 Å². The number of hydrogen-bond acceptors (Lipinski definition) is 19. The van der Waals surface area contributed by atoms with Crippen LogP contribution in [0.5, 0.6) is 0 Å². The molecule has 21 nitrogen and oxygen atoms in total. The highest BCUT2D eigenvalue weighted by molar-refractivity contribution is 5.80. The average molecular weight is 1030 g/mol. The number of esters is 1. The van der Waals surface area contributed by atoms with Gasteiger partial charge in [0.05, 0.1) is 43.9 Å². The number of carboxylic acid groups (broad SMARTS) is 1. The van der Waals surface area contributed by atoms with Crippen LogP contribution in [0.3, 0.4) is 0 Å². The number of carbonyl (C=O) groups excluding carboxylic acids is 2. The number of rotatable bonds is 12. The summed E-state index contributed by atoms with van der Waals surface area (Å²) in [6.07, 6.45) is -15.5. The molecule has 0 spiro atoms. The predicted molar refractivity (Wildman–Crippen MR) is 249 cm³/mol. The van der Waals surface area contributed by atoms with Gasteiger partial charge < -0.3 is 89.5 Å². The highest BCUT2D eigenvalue weighted by Gasteiger charge is 2.70. The van der Waals surface area contributed by atoms with E-state index in [9.17, 15) is 65.4 Å². The van der Waals surface area contributed by atoms with Gasteiger partial charge in [-0.1, -0.05) is 46.3 Å². The summed E-state index contributed by atoms with van der Waals surface area (Å²) in [4.78, 5) is 39.8. The standard InChI is InChI=1S/C51H81NO20/c1-23(56)52-32-40(72-43-38(62)36(60)34(58)27(21-54)68-43)39(71-42-37(61)35(59)33(57)26(20-53)67-42)28(22-55)69-41(32)70-31-12-13-48(5)29(46(31,2)3)11-14-50(7)30(48)10-9-24-25-19-47(4,45(65)66-8)15-17-51(25,44(63)64)18-16-49(24,50)6/h9,25-43,53-55,57-62H,10-22H2,1-8H3,(H,52,56)(H,63,64)/t25-,26+,27+,28+,29-,30+,31-,32+,33+,34-,35-,36-,37+,38+,39+,40+,41-,42-,43-,47-,48-,49+,50+,51-/m0/s1. The van der Waals surface area contributed by atoms with Crippen molar-refractivity contribution in [1.82, 2.24) is 5.32 Å². The van der Waals surface area contributed by atoms with E-state index in [1.807, 2.05) is 6.92 Å². The van der Waals surface area contributed by atoms with Crippen molar-refractivity contribution in [3.8, 4) is 0 Å². The summed E-state index contributed by atoms with van der Waals surface area (Å²) < 4.78 is 42.8. The molecule has 11 N–H and O–H groups in total. The van der Waals surface area contributed by atoms with E-state index < -0.39 is 146 Å². The fraction of sp³-hybridized carbons (Fsp3) is 0.902. The molecule has 0 unspecified atom stereocenters. The van der Waals surface area contributed by atoms with Gasteiger partial charge in [0.2, 0.25) is 5.91 Å². The van der Waals surface area contributed by atoms with Gasteiger partial charge in [0.1, 0.15) is 73.2 Å². The third-order valence-electron chi connectivity index (χ3n) is 20.2. The SMILES string of the molecule is COC(=O)[C@@]1(C)CC[C@]2(C(=O)O)CC[C@]3(C)C(=CC[C@@H]4[C@@]5(C)CC[C@H](O[C@@H]6O[C@H](CO)[C@@H](O[C@@H]7O[C@H](CO)[C@@H](O)[C@H](O)[C@H]7O)[C@H](O[C@@H]7O[C@H](CO)[C@H](O)[C@H](O)[C@H]7O)[C@H]6NC(C)=O)C(C)(C)[C@@H]5CC[C@]43C)[C@@H]2C1. The molecule has 0 aromatic carbocycles. The molecule has 3 heterocycles. The van der Waals surface area contributed by atoms with Crippen LogP contribution in [0, 0.1) is 50.2 Å². The van der Waals surface area contributed by atoms with E-state index in [-0.39, 0.29) is 40.0 Å². The molecule has 3 saturated heterocycles. The molecule has 0 aromatic heterocycles. The van der Waals surface area contributed by atoms with E-state index in [0.29, 0.717) is 38.5 Å². The number of methoxy groups -OCH3 is 1. The minimum Gasteiger partial charge on any atom is -0.481 e. The van der Waals surface area contributed by atoms with Gasteiger partial charge in [-0.15, -0.1) is 0 Å². The molecule has 0 radical (unpaired) electrons. The lowest BCUT2D eigenvalue weighted by atomic mass is 9.33. The summed E-state index contributed by atoms with van der Waals surface area (Å²) in [5, 5.41) is 109. The van der Waals surface area contributed by atoms with Gasteiger partial charge in [0, 0.05) is 6.92 Å². The van der Waals surface area contributed by atoms with Crippen LogP contribution >= 0.6 is 0 Å². The van der Waals surface area contributed by atoms with Crippen molar-refractivity contribution < 1.29 is 98.6 Å². The van der Waals surface area contributed by atoms with Gasteiger partial charge in [-0.3, -0.25) is 14.4 Å². The molecule has 24 atom stereocenters. The van der Waals surface area contributed by atoms with E-state index in [4.69, 9.17) is 33.2 Å². The van der Waals surface area contributed by atoms with Crippen molar-refractivity contribution >= 4 is 17.8 Å². The number of carboxylic acids is 1. The zero-order valence-electron chi connectivity index (χ0n) is 42.8. The first-order valence-corrected chi connectivity index (χ1v) is 25.9. The zero-order valence-corrected chi connectivity index (χ0v) is 42.8. The first-order chi connectivity index (χ1) is 33.7. The third-order valence-corrected chi connectivity index (χ3v) is 20.2. The lowest BCUT2D eigenvalue weighted by molar-refractivity contribution is -0.380. The van der Waals surface area contributed by atoms with E-state index in [1.54, 1.807) is 0 Å². The van der Waals surface area contributed by atoms with E-state index >= 15 is 0 Å². The molecule has 72 heavy (non-hydrogen) atoms. The third kappa shape index (κ3) is 8.78. The number of ether oxygens (including phenoxy) is 7. The van der Waals surface area contributed by atoms with Crippen molar-refractivity contribution in [1.29, 1.82) is 0 Å². The van der Waals surface area contributed by atoms with Crippen LogP contribution in [0.15, 0.2) is 11.6 Å². The molecule has 8 aliphatic rings. The molecular formula is C51H81NO20. The maximum Gasteiger partial charge on any atom is 0.311 e. The Morgan fingerprint density at radius 3 is 1.76 bits per heavy atom. The smallest absolute Gasteiger partial charge is 0.311 e. The van der Waals surface area contributed by atoms with Crippen LogP contribution in [0.1, 0.15) is 113 Å². The summed E-state index contributed by atoms with van der Waals surface area (Å²) in [6, 6.07) is -1.36. The van der Waals surface area contributed by atoms with Gasteiger partial charge in [0.25, 0.3) is 0 Å². The maximum atomic E-state index is 13.3. The number of aliphatic carboxylic acids is 1. The average Bonchev–Trinajstić information content (AvgIpc) is 3.33. The molecule has 0 bridgehead atoms. The van der Waals surface area contributed by atoms with Gasteiger partial charge in [-0.05, 0) is 111 Å². The first-order valence-electron chi connectivity index (χ1n) is 25.9. The molecule has 4 saturated carbocycles. The Kier molecular flexibility index (Phi) is 15.6. The summed E-state index contributed by atoms with van der Waals surface area (Å²) in [6.45, 7) is 12.1. The maximum absolute atomic E-state index is 13.3. The van der Waals surface area contributed by atoms with Gasteiger partial charge in [-0.2, -0.15) is 0 Å². The van der Waals surface area contributed by atoms with Crippen molar-refractivity contribution in [2.45, 2.75) is 211 Å². The molecule has 3 aliphatic heterocycles. The number of nitrogens with one attached hydrogen (secondary N) is 1. The summed E-state index contributed by atoms with van der Waals surface area (Å²) in [7, 11) is 1.39. The second-order valence-corrected chi connectivity index (χ2v) is 24.1. The molecule has 0 aromatic rings. The Hall–Kier alpha value is -2.45. The molecule has 410 valence electrons. The fourth-order valence-corrected chi connectivity index (χ4v) is 15.8. The second kappa shape index (κ2) is 20.2. The van der Waals surface area contributed by atoms with Crippen molar-refractivity contribution in [3.63, 3.8) is 0 Å². The minimum atomic E-state index is -1.93. The second-order valence-electron chi connectivity index (χ2n) is 24.1. The lowest BCUT2D eigenvalue weighted by Gasteiger charge is -2.71. The predicted octanol–water partition coefficient (Wildman–Crippen LogP) is 0.00310.